The van der Waals surface area contributed by atoms with Crippen molar-refractivity contribution in [3.8, 4) is 0 Å². The van der Waals surface area contributed by atoms with E-state index in [4.69, 9.17) is 0 Å². The van der Waals surface area contributed by atoms with Gasteiger partial charge in [-0.3, -0.25) is 0 Å². The molecule has 128 valence electrons. The summed E-state index contributed by atoms with van der Waals surface area (Å²) >= 11 is 0. The van der Waals surface area contributed by atoms with Crippen LogP contribution in [-0.2, 0) is 10.0 Å². The minimum absolute atomic E-state index is 0.167. The number of nitrogens with one attached hydrogen (secondary N) is 1. The van der Waals surface area contributed by atoms with Gasteiger partial charge in [-0.05, 0) is 49.6 Å². The monoisotopic (exact) mass is 350 g/mol. The summed E-state index contributed by atoms with van der Waals surface area (Å²) in [4.78, 5) is 8.16. The lowest BCUT2D eigenvalue weighted by atomic mass is 10.1. The number of hydrogen-bond donors (Lipinski definition) is 1. The van der Waals surface area contributed by atoms with Crippen LogP contribution in [0.1, 0.15) is 18.4 Å². The maximum atomic E-state index is 13.2. The zero-order chi connectivity index (χ0) is 17.2. The largest absolute Gasteiger partial charge is 0.367 e. The van der Waals surface area contributed by atoms with Gasteiger partial charge in [-0.15, -0.1) is 0 Å². The Bertz CT molecular complexity index is 806. The molecule has 0 radical (unpaired) electrons. The third kappa shape index (κ3) is 3.54. The molecule has 3 rings (SSSR count). The zero-order valence-corrected chi connectivity index (χ0v) is 14.1. The summed E-state index contributed by atoms with van der Waals surface area (Å²) in [6.45, 7) is 2.45. The molecular formula is C16H19FN4O2S. The van der Waals surface area contributed by atoms with E-state index in [1.807, 2.05) is 0 Å². The van der Waals surface area contributed by atoms with Gasteiger partial charge in [0.1, 0.15) is 18.0 Å². The Kier molecular flexibility index (Phi) is 4.77. The molecule has 0 amide bonds. The first-order chi connectivity index (χ1) is 11.5. The van der Waals surface area contributed by atoms with Crippen LogP contribution in [-0.4, -0.2) is 41.8 Å². The van der Waals surface area contributed by atoms with E-state index in [1.165, 1.54) is 28.8 Å². The predicted molar refractivity (Wildman–Crippen MR) is 88.6 cm³/mol. The second-order valence-electron chi connectivity index (χ2n) is 5.83. The van der Waals surface area contributed by atoms with Crippen molar-refractivity contribution < 1.29 is 12.8 Å². The molecule has 6 nitrogen and oxygen atoms in total. The van der Waals surface area contributed by atoms with Crippen molar-refractivity contribution in [1.82, 2.24) is 14.3 Å². The molecule has 0 unspecified atom stereocenters. The van der Waals surface area contributed by atoms with Gasteiger partial charge in [-0.25, -0.2) is 22.8 Å². The van der Waals surface area contributed by atoms with E-state index in [0.717, 1.165) is 5.82 Å². The second-order valence-corrected chi connectivity index (χ2v) is 7.73. The molecule has 0 atom stereocenters. The molecular weight excluding hydrogens is 331 g/mol. The van der Waals surface area contributed by atoms with Crippen LogP contribution in [0.3, 0.4) is 0 Å². The van der Waals surface area contributed by atoms with Crippen LogP contribution in [0.2, 0.25) is 0 Å². The average molecular weight is 350 g/mol. The summed E-state index contributed by atoms with van der Waals surface area (Å²) in [6, 6.07) is 5.72. The Morgan fingerprint density at radius 3 is 2.62 bits per heavy atom. The number of benzene rings is 1. The van der Waals surface area contributed by atoms with Crippen LogP contribution >= 0.6 is 0 Å². The molecule has 1 aromatic heterocycles. The molecule has 2 aromatic rings. The van der Waals surface area contributed by atoms with Gasteiger partial charge >= 0.3 is 0 Å². The second kappa shape index (κ2) is 6.82. The first-order valence-electron chi connectivity index (χ1n) is 7.75. The summed E-state index contributed by atoms with van der Waals surface area (Å²) in [7, 11) is -3.59. The van der Waals surface area contributed by atoms with E-state index in [0.29, 0.717) is 31.5 Å². The molecule has 2 heterocycles. The van der Waals surface area contributed by atoms with Crippen LogP contribution in [0.15, 0.2) is 41.7 Å². The number of hydrogen-bond acceptors (Lipinski definition) is 5. The maximum Gasteiger partial charge on any atom is 0.243 e. The molecule has 0 aliphatic carbocycles. The molecule has 1 aliphatic heterocycles. The summed E-state index contributed by atoms with van der Waals surface area (Å²) in [5, 5.41) is 3.29. The number of sulfonamides is 1. The minimum atomic E-state index is -3.59. The molecule has 8 heteroatoms. The Labute approximate surface area is 140 Å². The van der Waals surface area contributed by atoms with Crippen molar-refractivity contribution in [1.29, 1.82) is 0 Å². The summed E-state index contributed by atoms with van der Waals surface area (Å²) in [6.07, 6.45) is 4.50. The van der Waals surface area contributed by atoms with E-state index in [9.17, 15) is 12.8 Å². The lowest BCUT2D eigenvalue weighted by Gasteiger charge is -2.32. The zero-order valence-electron chi connectivity index (χ0n) is 13.3. The Balaban J connectivity index is 1.67. The fourth-order valence-corrected chi connectivity index (χ4v) is 4.54. The van der Waals surface area contributed by atoms with E-state index in [-0.39, 0.29) is 10.9 Å². The molecule has 1 fully saturated rings. The molecule has 1 aromatic carbocycles. The van der Waals surface area contributed by atoms with Gasteiger partial charge in [0.15, 0.2) is 0 Å². The number of nitrogens with zero attached hydrogens (tertiary/aromatic N) is 3. The number of rotatable bonds is 4. The van der Waals surface area contributed by atoms with Crippen LogP contribution in [0.4, 0.5) is 10.2 Å². The number of anilines is 1. The van der Waals surface area contributed by atoms with Crippen LogP contribution < -0.4 is 5.32 Å². The molecule has 1 saturated heterocycles. The molecule has 24 heavy (non-hydrogen) atoms. The Hall–Kier alpha value is -2.06. The topological polar surface area (TPSA) is 75.2 Å². The third-order valence-electron chi connectivity index (χ3n) is 4.14. The molecule has 0 saturated carbocycles. The van der Waals surface area contributed by atoms with Gasteiger partial charge in [-0.1, -0.05) is 0 Å². The van der Waals surface area contributed by atoms with Gasteiger partial charge in [0, 0.05) is 25.3 Å². The van der Waals surface area contributed by atoms with Crippen molar-refractivity contribution in [3.63, 3.8) is 0 Å². The highest BCUT2D eigenvalue weighted by atomic mass is 32.2. The van der Waals surface area contributed by atoms with Crippen molar-refractivity contribution in [2.75, 3.05) is 18.4 Å². The predicted octanol–water partition coefficient (Wildman–Crippen LogP) is 2.19. The standard InChI is InChI=1S/C16H19FN4O2S/c1-12-10-13(17)2-3-15(12)24(22,23)21-8-5-14(6-9-21)20-16-4-7-18-11-19-16/h2-4,7,10-11,14H,5-6,8-9H2,1H3,(H,18,19,20). The van der Waals surface area contributed by atoms with Gasteiger partial charge in [-0.2, -0.15) is 4.31 Å². The summed E-state index contributed by atoms with van der Waals surface area (Å²) < 4.78 is 40.2. The van der Waals surface area contributed by atoms with E-state index in [2.05, 4.69) is 15.3 Å². The number of piperidine rings is 1. The minimum Gasteiger partial charge on any atom is -0.367 e. The summed E-state index contributed by atoms with van der Waals surface area (Å²) in [5.74, 6) is 0.305. The number of aromatic nitrogens is 2. The van der Waals surface area contributed by atoms with E-state index in [1.54, 1.807) is 19.2 Å². The van der Waals surface area contributed by atoms with Gasteiger partial charge in [0.25, 0.3) is 0 Å². The van der Waals surface area contributed by atoms with Crippen molar-refractivity contribution >= 4 is 15.8 Å². The van der Waals surface area contributed by atoms with E-state index >= 15 is 0 Å². The number of aryl methyl sites for hydroxylation is 1. The van der Waals surface area contributed by atoms with Gasteiger partial charge < -0.3 is 5.32 Å². The molecule has 1 N–H and O–H groups in total. The van der Waals surface area contributed by atoms with Crippen LogP contribution in [0.25, 0.3) is 0 Å². The SMILES string of the molecule is Cc1cc(F)ccc1S(=O)(=O)N1CCC(Nc2ccncn2)CC1. The lowest BCUT2D eigenvalue weighted by Crippen LogP contribution is -2.42. The first kappa shape index (κ1) is 16.8. The quantitative estimate of drug-likeness (QED) is 0.915. The highest BCUT2D eigenvalue weighted by molar-refractivity contribution is 7.89. The van der Waals surface area contributed by atoms with Crippen molar-refractivity contribution in [2.24, 2.45) is 0 Å². The average Bonchev–Trinajstić information content (AvgIpc) is 2.56. The van der Waals surface area contributed by atoms with Gasteiger partial charge in [0.2, 0.25) is 10.0 Å². The van der Waals surface area contributed by atoms with E-state index < -0.39 is 15.8 Å². The van der Waals surface area contributed by atoms with Gasteiger partial charge in [0.05, 0.1) is 4.90 Å². The first-order valence-corrected chi connectivity index (χ1v) is 9.19. The fourth-order valence-electron chi connectivity index (χ4n) is 2.87. The lowest BCUT2D eigenvalue weighted by molar-refractivity contribution is 0.329. The highest BCUT2D eigenvalue weighted by Gasteiger charge is 2.30. The smallest absolute Gasteiger partial charge is 0.243 e. The maximum absolute atomic E-state index is 13.2. The summed E-state index contributed by atoms with van der Waals surface area (Å²) in [5.41, 5.74) is 0.427. The van der Waals surface area contributed by atoms with Crippen LogP contribution in [0.5, 0.6) is 0 Å². The Morgan fingerprint density at radius 1 is 1.25 bits per heavy atom. The normalized spacial score (nSPS) is 16.9. The highest BCUT2D eigenvalue weighted by Crippen LogP contribution is 2.24. The molecule has 0 spiro atoms. The van der Waals surface area contributed by atoms with Crippen molar-refractivity contribution in [2.45, 2.75) is 30.7 Å². The Morgan fingerprint density at radius 2 is 2.00 bits per heavy atom. The van der Waals surface area contributed by atoms with Crippen molar-refractivity contribution in [3.05, 3.63) is 48.2 Å². The fraction of sp³-hybridized carbons (Fsp3) is 0.375. The van der Waals surface area contributed by atoms with Crippen LogP contribution in [0, 0.1) is 12.7 Å². The molecule has 0 bridgehead atoms. The molecule has 1 aliphatic rings. The number of halogens is 1. The third-order valence-corrected chi connectivity index (χ3v) is 6.20.